The first-order valence-corrected chi connectivity index (χ1v) is 8.13. The molecule has 0 heterocycles. The predicted molar refractivity (Wildman–Crippen MR) is 81.4 cm³/mol. The Morgan fingerprint density at radius 2 is 1.76 bits per heavy atom. The van der Waals surface area contributed by atoms with E-state index in [4.69, 9.17) is 9.73 Å². The first-order chi connectivity index (χ1) is 10.0. The van der Waals surface area contributed by atoms with Crippen molar-refractivity contribution in [3.05, 3.63) is 11.3 Å². The zero-order chi connectivity index (χ0) is 15.0. The van der Waals surface area contributed by atoms with Gasteiger partial charge >= 0.3 is 5.97 Å². The van der Waals surface area contributed by atoms with E-state index in [1.807, 2.05) is 0 Å². The summed E-state index contributed by atoms with van der Waals surface area (Å²) < 4.78 is 4.99. The molecule has 0 spiro atoms. The van der Waals surface area contributed by atoms with E-state index in [1.54, 1.807) is 13.1 Å². The Bertz CT molecular complexity index is 453. The molecule has 4 aliphatic rings. The SMILES string of the molecule is CCOC(=O)C(C=NC12CC3CC(CC(C3)C1)C2)=C(C)O. The van der Waals surface area contributed by atoms with Gasteiger partial charge in [0.2, 0.25) is 0 Å². The molecule has 0 aromatic heterocycles. The minimum absolute atomic E-state index is 0.0121. The maximum Gasteiger partial charge on any atom is 0.343 e. The molecule has 4 fully saturated rings. The van der Waals surface area contributed by atoms with Crippen molar-refractivity contribution in [3.63, 3.8) is 0 Å². The summed E-state index contributed by atoms with van der Waals surface area (Å²) >= 11 is 0. The van der Waals surface area contributed by atoms with Crippen molar-refractivity contribution in [1.82, 2.24) is 0 Å². The molecule has 4 nitrogen and oxygen atoms in total. The molecule has 0 aliphatic heterocycles. The number of aliphatic hydroxyl groups excluding tert-OH is 1. The van der Waals surface area contributed by atoms with Crippen LogP contribution in [0.2, 0.25) is 0 Å². The van der Waals surface area contributed by atoms with Crippen LogP contribution in [0.25, 0.3) is 0 Å². The molecular weight excluding hydrogens is 266 g/mol. The summed E-state index contributed by atoms with van der Waals surface area (Å²) in [5.41, 5.74) is 0.217. The Labute approximate surface area is 126 Å². The fourth-order valence-corrected chi connectivity index (χ4v) is 4.93. The van der Waals surface area contributed by atoms with Crippen molar-refractivity contribution >= 4 is 12.2 Å². The molecule has 4 aliphatic carbocycles. The lowest BCUT2D eigenvalue weighted by molar-refractivity contribution is -0.138. The molecule has 4 saturated carbocycles. The number of allylic oxidation sites excluding steroid dienone is 1. The van der Waals surface area contributed by atoms with Crippen molar-refractivity contribution < 1.29 is 14.6 Å². The molecule has 4 heteroatoms. The molecule has 4 bridgehead atoms. The molecule has 0 aromatic rings. The Morgan fingerprint density at radius 3 is 2.19 bits per heavy atom. The van der Waals surface area contributed by atoms with Crippen molar-refractivity contribution in [2.45, 2.75) is 57.9 Å². The van der Waals surface area contributed by atoms with E-state index in [0.29, 0.717) is 6.61 Å². The average Bonchev–Trinajstić information content (AvgIpc) is 2.36. The second-order valence-electron chi connectivity index (χ2n) is 7.12. The van der Waals surface area contributed by atoms with Gasteiger partial charge in [-0.25, -0.2) is 4.79 Å². The third kappa shape index (κ3) is 2.85. The lowest BCUT2D eigenvalue weighted by Crippen LogP contribution is -2.49. The zero-order valence-corrected chi connectivity index (χ0v) is 13.0. The van der Waals surface area contributed by atoms with Crippen LogP contribution in [0.4, 0.5) is 0 Å². The molecule has 0 unspecified atom stereocenters. The van der Waals surface area contributed by atoms with E-state index >= 15 is 0 Å². The number of hydrogen-bond donors (Lipinski definition) is 1. The standard InChI is InChI=1S/C17H25NO3/c1-3-21-16(20)15(11(2)19)10-18-17-7-12-4-13(8-17)6-14(5-12)9-17/h10,12-14,19H,3-9H2,1-2H3. The average molecular weight is 291 g/mol. The summed E-state index contributed by atoms with van der Waals surface area (Å²) in [6.07, 6.45) is 9.12. The van der Waals surface area contributed by atoms with E-state index in [-0.39, 0.29) is 16.9 Å². The maximum absolute atomic E-state index is 11.9. The highest BCUT2D eigenvalue weighted by molar-refractivity contribution is 6.09. The van der Waals surface area contributed by atoms with Gasteiger partial charge in [0.1, 0.15) is 11.3 Å². The number of rotatable bonds is 4. The topological polar surface area (TPSA) is 58.9 Å². The quantitative estimate of drug-likeness (QED) is 0.374. The summed E-state index contributed by atoms with van der Waals surface area (Å²) in [4.78, 5) is 16.7. The number of esters is 1. The van der Waals surface area contributed by atoms with Gasteiger partial charge < -0.3 is 9.84 Å². The highest BCUT2D eigenvalue weighted by Crippen LogP contribution is 2.57. The van der Waals surface area contributed by atoms with Gasteiger partial charge in [0.25, 0.3) is 0 Å². The van der Waals surface area contributed by atoms with Crippen LogP contribution in [-0.4, -0.2) is 29.4 Å². The normalized spacial score (nSPS) is 38.7. The Hall–Kier alpha value is -1.32. The third-order valence-corrected chi connectivity index (χ3v) is 5.36. The van der Waals surface area contributed by atoms with Crippen molar-refractivity contribution in [2.24, 2.45) is 22.7 Å². The Balaban J connectivity index is 1.78. The minimum atomic E-state index is -0.481. The van der Waals surface area contributed by atoms with Gasteiger partial charge in [0, 0.05) is 6.21 Å². The van der Waals surface area contributed by atoms with E-state index in [0.717, 1.165) is 37.0 Å². The van der Waals surface area contributed by atoms with E-state index in [2.05, 4.69) is 0 Å². The summed E-state index contributed by atoms with van der Waals surface area (Å²) in [5.74, 6) is 1.96. The number of aliphatic imine (C=N–C) groups is 1. The highest BCUT2D eigenvalue weighted by atomic mass is 16.5. The Kier molecular flexibility index (Phi) is 3.80. The molecule has 0 radical (unpaired) electrons. The van der Waals surface area contributed by atoms with E-state index in [9.17, 15) is 9.90 Å². The van der Waals surface area contributed by atoms with Crippen LogP contribution in [0.3, 0.4) is 0 Å². The van der Waals surface area contributed by atoms with Crippen molar-refractivity contribution in [2.75, 3.05) is 6.61 Å². The first-order valence-electron chi connectivity index (χ1n) is 8.13. The van der Waals surface area contributed by atoms with E-state index < -0.39 is 5.97 Å². The fourth-order valence-electron chi connectivity index (χ4n) is 4.93. The number of ether oxygens (including phenoxy) is 1. The number of nitrogens with zero attached hydrogens (tertiary/aromatic N) is 1. The number of hydrogen-bond acceptors (Lipinski definition) is 4. The van der Waals surface area contributed by atoms with Gasteiger partial charge in [0.15, 0.2) is 0 Å². The predicted octanol–water partition coefficient (Wildman–Crippen LogP) is 3.42. The second kappa shape index (κ2) is 5.47. The van der Waals surface area contributed by atoms with Crippen molar-refractivity contribution in [3.8, 4) is 0 Å². The van der Waals surface area contributed by atoms with Crippen LogP contribution >= 0.6 is 0 Å². The largest absolute Gasteiger partial charge is 0.512 e. The second-order valence-corrected chi connectivity index (χ2v) is 7.12. The van der Waals surface area contributed by atoms with Crippen LogP contribution in [0.1, 0.15) is 52.4 Å². The summed E-state index contributed by atoms with van der Waals surface area (Å²) in [6, 6.07) is 0. The van der Waals surface area contributed by atoms with Gasteiger partial charge in [0.05, 0.1) is 12.1 Å². The molecule has 21 heavy (non-hydrogen) atoms. The number of carbonyl (C=O) groups excluding carboxylic acids is 1. The zero-order valence-electron chi connectivity index (χ0n) is 13.0. The van der Waals surface area contributed by atoms with Crippen LogP contribution < -0.4 is 0 Å². The van der Waals surface area contributed by atoms with Gasteiger partial charge in [-0.1, -0.05) is 0 Å². The van der Waals surface area contributed by atoms with Gasteiger partial charge in [-0.3, -0.25) is 4.99 Å². The highest BCUT2D eigenvalue weighted by Gasteiger charge is 2.50. The monoisotopic (exact) mass is 291 g/mol. The summed E-state index contributed by atoms with van der Waals surface area (Å²) in [6.45, 7) is 3.58. The van der Waals surface area contributed by atoms with Crippen molar-refractivity contribution in [1.29, 1.82) is 0 Å². The molecule has 0 saturated heterocycles. The lowest BCUT2D eigenvalue weighted by atomic mass is 9.53. The third-order valence-electron chi connectivity index (χ3n) is 5.36. The fraction of sp³-hybridized carbons (Fsp3) is 0.765. The van der Waals surface area contributed by atoms with E-state index in [1.165, 1.54) is 26.2 Å². The molecule has 0 aromatic carbocycles. The first kappa shape index (κ1) is 14.6. The molecule has 0 atom stereocenters. The smallest absolute Gasteiger partial charge is 0.343 e. The molecule has 116 valence electrons. The van der Waals surface area contributed by atoms with Crippen LogP contribution in [-0.2, 0) is 9.53 Å². The molecule has 4 rings (SSSR count). The molecule has 0 amide bonds. The summed E-state index contributed by atoms with van der Waals surface area (Å²) in [5, 5.41) is 9.71. The summed E-state index contributed by atoms with van der Waals surface area (Å²) in [7, 11) is 0. The minimum Gasteiger partial charge on any atom is -0.512 e. The molecule has 1 N–H and O–H groups in total. The molecular formula is C17H25NO3. The van der Waals surface area contributed by atoms with Crippen LogP contribution in [0.15, 0.2) is 16.3 Å². The lowest BCUT2D eigenvalue weighted by Gasteiger charge is -2.54. The van der Waals surface area contributed by atoms with Gasteiger partial charge in [-0.15, -0.1) is 0 Å². The Morgan fingerprint density at radius 1 is 1.24 bits per heavy atom. The van der Waals surface area contributed by atoms with Crippen LogP contribution in [0, 0.1) is 17.8 Å². The van der Waals surface area contributed by atoms with Crippen LogP contribution in [0.5, 0.6) is 0 Å². The number of aliphatic hydroxyl groups is 1. The van der Waals surface area contributed by atoms with Gasteiger partial charge in [-0.2, -0.15) is 0 Å². The maximum atomic E-state index is 11.9. The van der Waals surface area contributed by atoms with Gasteiger partial charge in [-0.05, 0) is 70.1 Å². The number of carbonyl (C=O) groups is 1.